The topological polar surface area (TPSA) is 3.24 Å². The number of hydrogen-bond acceptors (Lipinski definition) is 2. The molecule has 0 N–H and O–H groups in total. The summed E-state index contributed by atoms with van der Waals surface area (Å²) in [6.07, 6.45) is 0. The minimum atomic E-state index is 1.15. The van der Waals surface area contributed by atoms with Crippen molar-refractivity contribution >= 4 is 91.7 Å². The molecule has 196 valence electrons. The summed E-state index contributed by atoms with van der Waals surface area (Å²) in [4.78, 5) is 2.47. The summed E-state index contributed by atoms with van der Waals surface area (Å²) in [5.41, 5.74) is 3.54. The van der Waals surface area contributed by atoms with E-state index in [-0.39, 0.29) is 0 Å². The molecule has 9 aromatic rings. The number of hydrogen-bond donors (Lipinski definition) is 0. The molecule has 0 fully saturated rings. The zero-order valence-electron chi connectivity index (χ0n) is 22.8. The Balaban J connectivity index is 1.39. The Bertz CT molecular complexity index is 2470. The molecule has 1 heterocycles. The van der Waals surface area contributed by atoms with Crippen LogP contribution in [0.1, 0.15) is 0 Å². The Morgan fingerprint density at radius 1 is 0.381 bits per heavy atom. The van der Waals surface area contributed by atoms with Crippen LogP contribution in [0.25, 0.3) is 63.3 Å². The Hall–Kier alpha value is -5.18. The van der Waals surface area contributed by atoms with Gasteiger partial charge in [0.2, 0.25) is 0 Å². The first kappa shape index (κ1) is 23.5. The third-order valence-electron chi connectivity index (χ3n) is 8.57. The Labute approximate surface area is 247 Å². The van der Waals surface area contributed by atoms with Crippen LogP contribution in [0.3, 0.4) is 0 Å². The first-order chi connectivity index (χ1) is 20.8. The maximum absolute atomic E-state index is 2.47. The number of nitrogens with zero attached hydrogens (tertiary/aromatic N) is 1. The molecule has 0 aliphatic carbocycles. The van der Waals surface area contributed by atoms with Gasteiger partial charge in [-0.05, 0) is 74.1 Å². The quantitative estimate of drug-likeness (QED) is 0.197. The summed E-state index contributed by atoms with van der Waals surface area (Å²) in [6.45, 7) is 0. The second-order valence-corrected chi connectivity index (χ2v) is 12.0. The molecule has 0 saturated heterocycles. The monoisotopic (exact) mass is 551 g/mol. The molecular weight excluding hydrogens is 527 g/mol. The lowest BCUT2D eigenvalue weighted by Gasteiger charge is -2.28. The van der Waals surface area contributed by atoms with Crippen LogP contribution in [0.5, 0.6) is 0 Å². The second kappa shape index (κ2) is 9.17. The Morgan fingerprint density at radius 3 is 1.86 bits per heavy atom. The SMILES string of the molecule is c1ccc(N(c2cc3ccc4ccccc4c3c3ccccc23)c2cccc3c2sc2cc4ccccc4cc23)cc1. The third kappa shape index (κ3) is 3.49. The zero-order chi connectivity index (χ0) is 27.6. The van der Waals surface area contributed by atoms with Crippen LogP contribution in [0, 0.1) is 0 Å². The second-order valence-electron chi connectivity index (χ2n) is 10.9. The van der Waals surface area contributed by atoms with Gasteiger partial charge in [-0.3, -0.25) is 0 Å². The summed E-state index contributed by atoms with van der Waals surface area (Å²) in [5, 5.41) is 12.8. The number of anilines is 3. The van der Waals surface area contributed by atoms with Crippen LogP contribution in [0.15, 0.2) is 152 Å². The van der Waals surface area contributed by atoms with Gasteiger partial charge in [-0.1, -0.05) is 115 Å². The number of benzene rings is 8. The van der Waals surface area contributed by atoms with Crippen molar-refractivity contribution < 1.29 is 0 Å². The van der Waals surface area contributed by atoms with Gasteiger partial charge in [0, 0.05) is 26.5 Å². The summed E-state index contributed by atoms with van der Waals surface area (Å²) >= 11 is 1.89. The number of para-hydroxylation sites is 1. The fourth-order valence-electron chi connectivity index (χ4n) is 6.67. The highest BCUT2D eigenvalue weighted by molar-refractivity contribution is 7.26. The average Bonchev–Trinajstić information content (AvgIpc) is 3.42. The highest BCUT2D eigenvalue weighted by Crippen LogP contribution is 2.48. The maximum Gasteiger partial charge on any atom is 0.0640 e. The fraction of sp³-hybridized carbons (Fsp3) is 0. The van der Waals surface area contributed by atoms with E-state index in [0.717, 1.165) is 5.69 Å². The molecule has 0 bridgehead atoms. The summed E-state index contributed by atoms with van der Waals surface area (Å²) in [6, 6.07) is 55.5. The molecule has 9 rings (SSSR count). The lowest BCUT2D eigenvalue weighted by atomic mass is 9.94. The van der Waals surface area contributed by atoms with E-state index >= 15 is 0 Å². The summed E-state index contributed by atoms with van der Waals surface area (Å²) < 4.78 is 2.62. The van der Waals surface area contributed by atoms with Crippen molar-refractivity contribution in [2.24, 2.45) is 0 Å². The van der Waals surface area contributed by atoms with Crippen molar-refractivity contribution in [1.82, 2.24) is 0 Å². The zero-order valence-corrected chi connectivity index (χ0v) is 23.6. The van der Waals surface area contributed by atoms with Gasteiger partial charge in [0.1, 0.15) is 0 Å². The molecule has 1 nitrogen and oxygen atoms in total. The summed E-state index contributed by atoms with van der Waals surface area (Å²) in [7, 11) is 0. The molecule has 8 aromatic carbocycles. The number of rotatable bonds is 3. The van der Waals surface area contributed by atoms with Crippen LogP contribution < -0.4 is 4.90 Å². The molecular formula is C40H25NS. The molecule has 0 saturated carbocycles. The van der Waals surface area contributed by atoms with Gasteiger partial charge >= 0.3 is 0 Å². The molecule has 0 atom stereocenters. The molecule has 0 aliphatic rings. The number of thiophene rings is 1. The van der Waals surface area contributed by atoms with Crippen molar-refractivity contribution in [3.63, 3.8) is 0 Å². The first-order valence-electron chi connectivity index (χ1n) is 14.4. The predicted molar refractivity (Wildman–Crippen MR) is 184 cm³/mol. The van der Waals surface area contributed by atoms with Crippen molar-refractivity contribution in [2.45, 2.75) is 0 Å². The predicted octanol–water partition coefficient (Wildman–Crippen LogP) is 12.1. The van der Waals surface area contributed by atoms with Gasteiger partial charge in [0.15, 0.2) is 0 Å². The molecule has 0 unspecified atom stereocenters. The van der Waals surface area contributed by atoms with Crippen molar-refractivity contribution in [3.05, 3.63) is 152 Å². The van der Waals surface area contributed by atoms with Gasteiger partial charge < -0.3 is 4.90 Å². The van der Waals surface area contributed by atoms with E-state index in [1.165, 1.54) is 74.6 Å². The highest BCUT2D eigenvalue weighted by Gasteiger charge is 2.21. The van der Waals surface area contributed by atoms with Crippen LogP contribution in [-0.2, 0) is 0 Å². The lowest BCUT2D eigenvalue weighted by molar-refractivity contribution is 1.32. The summed E-state index contributed by atoms with van der Waals surface area (Å²) in [5.74, 6) is 0. The van der Waals surface area contributed by atoms with E-state index in [9.17, 15) is 0 Å². The first-order valence-corrected chi connectivity index (χ1v) is 15.2. The van der Waals surface area contributed by atoms with E-state index in [0.29, 0.717) is 0 Å². The van der Waals surface area contributed by atoms with Crippen LogP contribution in [0.2, 0.25) is 0 Å². The largest absolute Gasteiger partial charge is 0.308 e. The van der Waals surface area contributed by atoms with Crippen molar-refractivity contribution in [3.8, 4) is 0 Å². The standard InChI is InChI=1S/C40H25NS/c1-2-14-30(15-3-1)41(36-20-10-19-34-35-23-27-12-4-5-13-28(27)25-38(35)42-40(34)36)37-24-29-22-21-26-11-6-7-16-31(26)39(29)33-18-9-8-17-32(33)37/h1-25H. The van der Waals surface area contributed by atoms with E-state index < -0.39 is 0 Å². The molecule has 42 heavy (non-hydrogen) atoms. The Morgan fingerprint density at radius 2 is 1.02 bits per heavy atom. The third-order valence-corrected chi connectivity index (χ3v) is 9.76. The highest BCUT2D eigenvalue weighted by atomic mass is 32.1. The van der Waals surface area contributed by atoms with Gasteiger partial charge in [-0.2, -0.15) is 0 Å². The Kier molecular flexibility index (Phi) is 5.13. The smallest absolute Gasteiger partial charge is 0.0640 e. The van der Waals surface area contributed by atoms with Crippen molar-refractivity contribution in [1.29, 1.82) is 0 Å². The fourth-order valence-corrected chi connectivity index (χ4v) is 7.91. The van der Waals surface area contributed by atoms with Crippen LogP contribution in [-0.4, -0.2) is 0 Å². The van der Waals surface area contributed by atoms with Gasteiger partial charge in [0.05, 0.1) is 16.1 Å². The number of fused-ring (bicyclic) bond motifs is 9. The van der Waals surface area contributed by atoms with Crippen LogP contribution in [0.4, 0.5) is 17.1 Å². The van der Waals surface area contributed by atoms with Crippen molar-refractivity contribution in [2.75, 3.05) is 4.90 Å². The molecule has 0 spiro atoms. The maximum atomic E-state index is 2.47. The minimum absolute atomic E-state index is 1.15. The molecule has 1 aromatic heterocycles. The van der Waals surface area contributed by atoms with Crippen LogP contribution >= 0.6 is 11.3 Å². The van der Waals surface area contributed by atoms with E-state index in [1.54, 1.807) is 0 Å². The minimum Gasteiger partial charge on any atom is -0.308 e. The molecule has 2 heteroatoms. The normalized spacial score (nSPS) is 11.8. The average molecular weight is 552 g/mol. The lowest BCUT2D eigenvalue weighted by Crippen LogP contribution is -2.10. The molecule has 0 aliphatic heterocycles. The molecule has 0 amide bonds. The van der Waals surface area contributed by atoms with E-state index in [1.807, 2.05) is 11.3 Å². The van der Waals surface area contributed by atoms with E-state index in [2.05, 4.69) is 157 Å². The van der Waals surface area contributed by atoms with E-state index in [4.69, 9.17) is 0 Å². The molecule has 0 radical (unpaired) electrons. The van der Waals surface area contributed by atoms with Gasteiger partial charge in [-0.15, -0.1) is 11.3 Å². The van der Waals surface area contributed by atoms with Gasteiger partial charge in [-0.25, -0.2) is 0 Å². The van der Waals surface area contributed by atoms with Gasteiger partial charge in [0.25, 0.3) is 0 Å².